The van der Waals surface area contributed by atoms with E-state index < -0.39 is 0 Å². The highest BCUT2D eigenvalue weighted by atomic mass is 35.5. The predicted octanol–water partition coefficient (Wildman–Crippen LogP) is 2.65. The number of benzene rings is 1. The number of nitrogens with zero attached hydrogens (tertiary/aromatic N) is 3. The Morgan fingerprint density at radius 1 is 1.28 bits per heavy atom. The normalized spacial score (nSPS) is 10.9. The molecule has 6 heteroatoms. The number of aromatic nitrogens is 3. The van der Waals surface area contributed by atoms with Gasteiger partial charge in [0, 0.05) is 6.54 Å². The molecule has 0 unspecified atom stereocenters. The first-order valence-electron chi connectivity index (χ1n) is 5.71. The van der Waals surface area contributed by atoms with Gasteiger partial charge in [-0.05, 0) is 24.1 Å². The highest BCUT2D eigenvalue weighted by molar-refractivity contribution is 6.42. The molecule has 2 N–H and O–H groups in total. The Labute approximate surface area is 116 Å². The molecule has 2 aromatic rings. The zero-order chi connectivity index (χ0) is 13.1. The van der Waals surface area contributed by atoms with E-state index in [-0.39, 0.29) is 0 Å². The van der Waals surface area contributed by atoms with Crippen molar-refractivity contribution in [2.24, 2.45) is 5.73 Å². The maximum atomic E-state index is 5.99. The summed E-state index contributed by atoms with van der Waals surface area (Å²) in [6.45, 7) is 3.08. The predicted molar refractivity (Wildman–Crippen MR) is 72.9 cm³/mol. The summed E-state index contributed by atoms with van der Waals surface area (Å²) in [5, 5.41) is 9.29. The lowest BCUT2D eigenvalue weighted by Crippen LogP contribution is -2.08. The Kier molecular flexibility index (Phi) is 4.22. The van der Waals surface area contributed by atoms with Crippen LogP contribution >= 0.6 is 23.2 Å². The summed E-state index contributed by atoms with van der Waals surface area (Å²) in [5.41, 5.74) is 8.56. The van der Waals surface area contributed by atoms with Gasteiger partial charge in [-0.2, -0.15) is 0 Å². The number of hydrogen-bond acceptors (Lipinski definition) is 3. The van der Waals surface area contributed by atoms with Crippen LogP contribution in [0.3, 0.4) is 0 Å². The van der Waals surface area contributed by atoms with Crippen LogP contribution in [0.2, 0.25) is 10.0 Å². The van der Waals surface area contributed by atoms with Gasteiger partial charge in [0.25, 0.3) is 0 Å². The van der Waals surface area contributed by atoms with Gasteiger partial charge in [-0.3, -0.25) is 0 Å². The first kappa shape index (κ1) is 13.3. The first-order valence-corrected chi connectivity index (χ1v) is 6.46. The summed E-state index contributed by atoms with van der Waals surface area (Å²) in [4.78, 5) is 0. The monoisotopic (exact) mass is 284 g/mol. The van der Waals surface area contributed by atoms with E-state index in [0.29, 0.717) is 23.1 Å². The largest absolute Gasteiger partial charge is 0.325 e. The van der Waals surface area contributed by atoms with Crippen LogP contribution in [0.5, 0.6) is 0 Å². The van der Waals surface area contributed by atoms with Crippen LogP contribution in [0.15, 0.2) is 18.2 Å². The minimum atomic E-state index is 0.407. The molecule has 1 aromatic carbocycles. The molecule has 2 rings (SSSR count). The molecule has 96 valence electrons. The SMILES string of the molecule is CCc1c(CN)nnn1Cc1ccc(Cl)c(Cl)c1. The Balaban J connectivity index is 2.28. The lowest BCUT2D eigenvalue weighted by Gasteiger charge is -2.06. The van der Waals surface area contributed by atoms with Crippen molar-refractivity contribution in [1.82, 2.24) is 15.0 Å². The molecule has 1 heterocycles. The van der Waals surface area contributed by atoms with Gasteiger partial charge < -0.3 is 5.73 Å². The second kappa shape index (κ2) is 5.69. The Morgan fingerprint density at radius 3 is 2.67 bits per heavy atom. The third kappa shape index (κ3) is 2.66. The molecule has 0 saturated carbocycles. The van der Waals surface area contributed by atoms with Crippen molar-refractivity contribution in [1.29, 1.82) is 0 Å². The van der Waals surface area contributed by atoms with Gasteiger partial charge in [0.2, 0.25) is 0 Å². The summed E-state index contributed by atoms with van der Waals surface area (Å²) >= 11 is 11.9. The molecule has 1 aromatic heterocycles. The zero-order valence-corrected chi connectivity index (χ0v) is 11.5. The van der Waals surface area contributed by atoms with Crippen LogP contribution in [0.25, 0.3) is 0 Å². The van der Waals surface area contributed by atoms with E-state index in [2.05, 4.69) is 17.2 Å². The van der Waals surface area contributed by atoms with E-state index in [9.17, 15) is 0 Å². The van der Waals surface area contributed by atoms with Crippen molar-refractivity contribution in [2.45, 2.75) is 26.4 Å². The average molecular weight is 285 g/mol. The lowest BCUT2D eigenvalue weighted by atomic mass is 10.2. The third-order valence-electron chi connectivity index (χ3n) is 2.76. The first-order chi connectivity index (χ1) is 8.65. The molecule has 0 amide bonds. The van der Waals surface area contributed by atoms with E-state index in [1.165, 1.54) is 0 Å². The number of halogens is 2. The van der Waals surface area contributed by atoms with Gasteiger partial charge >= 0.3 is 0 Å². The van der Waals surface area contributed by atoms with Gasteiger partial charge in [-0.1, -0.05) is 41.4 Å². The Bertz CT molecular complexity index is 551. The minimum Gasteiger partial charge on any atom is -0.325 e. The Hall–Kier alpha value is -1.10. The molecule has 18 heavy (non-hydrogen) atoms. The zero-order valence-electron chi connectivity index (χ0n) is 10.0. The highest BCUT2D eigenvalue weighted by Gasteiger charge is 2.10. The molecule has 0 spiro atoms. The Morgan fingerprint density at radius 2 is 2.06 bits per heavy atom. The lowest BCUT2D eigenvalue weighted by molar-refractivity contribution is 0.622. The fraction of sp³-hybridized carbons (Fsp3) is 0.333. The maximum Gasteiger partial charge on any atom is 0.0994 e. The quantitative estimate of drug-likeness (QED) is 0.939. The average Bonchev–Trinajstić information content (AvgIpc) is 2.75. The fourth-order valence-corrected chi connectivity index (χ4v) is 2.17. The maximum absolute atomic E-state index is 5.99. The van der Waals surface area contributed by atoms with E-state index in [1.54, 1.807) is 6.07 Å². The van der Waals surface area contributed by atoms with Gasteiger partial charge in [0.15, 0.2) is 0 Å². The fourth-order valence-electron chi connectivity index (χ4n) is 1.85. The van der Waals surface area contributed by atoms with E-state index in [0.717, 1.165) is 23.4 Å². The summed E-state index contributed by atoms with van der Waals surface area (Å²) in [7, 11) is 0. The number of nitrogens with two attached hydrogens (primary N) is 1. The summed E-state index contributed by atoms with van der Waals surface area (Å²) in [6.07, 6.45) is 0.848. The van der Waals surface area contributed by atoms with Crippen molar-refractivity contribution in [3.05, 3.63) is 45.2 Å². The van der Waals surface area contributed by atoms with Crippen LogP contribution in [0, 0.1) is 0 Å². The van der Waals surface area contributed by atoms with Gasteiger partial charge in [0.1, 0.15) is 0 Å². The van der Waals surface area contributed by atoms with Crippen molar-refractivity contribution in [2.75, 3.05) is 0 Å². The van der Waals surface area contributed by atoms with Crippen molar-refractivity contribution in [3.63, 3.8) is 0 Å². The smallest absolute Gasteiger partial charge is 0.0994 e. The van der Waals surface area contributed by atoms with Crippen molar-refractivity contribution in [3.8, 4) is 0 Å². The summed E-state index contributed by atoms with van der Waals surface area (Å²) in [5.74, 6) is 0. The van der Waals surface area contributed by atoms with Crippen LogP contribution in [0.1, 0.15) is 23.9 Å². The van der Waals surface area contributed by atoms with E-state index >= 15 is 0 Å². The second-order valence-electron chi connectivity index (χ2n) is 3.95. The van der Waals surface area contributed by atoms with Crippen molar-refractivity contribution < 1.29 is 0 Å². The minimum absolute atomic E-state index is 0.407. The van der Waals surface area contributed by atoms with Crippen LogP contribution in [0.4, 0.5) is 0 Å². The molecule has 0 saturated heterocycles. The van der Waals surface area contributed by atoms with Gasteiger partial charge in [-0.25, -0.2) is 4.68 Å². The summed E-state index contributed by atoms with van der Waals surface area (Å²) < 4.78 is 1.85. The van der Waals surface area contributed by atoms with Gasteiger partial charge in [0.05, 0.1) is 28.0 Å². The molecule has 0 bridgehead atoms. The standard InChI is InChI=1S/C12H14Cl2N4/c1-2-12-11(6-15)16-17-18(12)7-8-3-4-9(13)10(14)5-8/h3-5H,2,6-7,15H2,1H3. The molecule has 0 aliphatic rings. The van der Waals surface area contributed by atoms with E-state index in [4.69, 9.17) is 28.9 Å². The molecular weight excluding hydrogens is 271 g/mol. The number of hydrogen-bond donors (Lipinski definition) is 1. The third-order valence-corrected chi connectivity index (χ3v) is 3.50. The van der Waals surface area contributed by atoms with E-state index in [1.807, 2.05) is 16.8 Å². The molecule has 0 atom stereocenters. The molecule has 0 aliphatic heterocycles. The number of rotatable bonds is 4. The second-order valence-corrected chi connectivity index (χ2v) is 4.76. The highest BCUT2D eigenvalue weighted by Crippen LogP contribution is 2.23. The topological polar surface area (TPSA) is 56.7 Å². The van der Waals surface area contributed by atoms with Crippen LogP contribution in [-0.2, 0) is 19.5 Å². The van der Waals surface area contributed by atoms with Crippen LogP contribution < -0.4 is 5.73 Å². The van der Waals surface area contributed by atoms with Gasteiger partial charge in [-0.15, -0.1) is 5.10 Å². The molecule has 0 fully saturated rings. The molecule has 0 aliphatic carbocycles. The van der Waals surface area contributed by atoms with Crippen molar-refractivity contribution >= 4 is 23.2 Å². The molecular formula is C12H14Cl2N4. The molecule has 0 radical (unpaired) electrons. The summed E-state index contributed by atoms with van der Waals surface area (Å²) in [6, 6.07) is 5.55. The molecule has 4 nitrogen and oxygen atoms in total. The van der Waals surface area contributed by atoms with Crippen LogP contribution in [-0.4, -0.2) is 15.0 Å².